The van der Waals surface area contributed by atoms with Gasteiger partial charge in [-0.2, -0.15) is 0 Å². The van der Waals surface area contributed by atoms with Crippen molar-refractivity contribution in [1.82, 2.24) is 5.32 Å². The highest BCUT2D eigenvalue weighted by molar-refractivity contribution is 9.10. The van der Waals surface area contributed by atoms with Gasteiger partial charge in [-0.05, 0) is 41.4 Å². The van der Waals surface area contributed by atoms with Crippen LogP contribution in [0, 0.1) is 0 Å². The van der Waals surface area contributed by atoms with E-state index >= 15 is 0 Å². The van der Waals surface area contributed by atoms with Crippen LogP contribution in [0.3, 0.4) is 0 Å². The molecule has 1 unspecified atom stereocenters. The second-order valence-electron chi connectivity index (χ2n) is 3.20. The van der Waals surface area contributed by atoms with Gasteiger partial charge in [0.05, 0.1) is 0 Å². The molecule has 0 aliphatic heterocycles. The summed E-state index contributed by atoms with van der Waals surface area (Å²) in [6.07, 6.45) is 4.13. The maximum absolute atomic E-state index is 3.79. The summed E-state index contributed by atoms with van der Waals surface area (Å²) >= 11 is 5.27. The van der Waals surface area contributed by atoms with E-state index in [1.54, 1.807) is 11.3 Å². The molecule has 3 heteroatoms. The van der Waals surface area contributed by atoms with Crippen molar-refractivity contribution in [3.8, 4) is 0 Å². The predicted octanol–water partition coefficient (Wildman–Crippen LogP) is 4.13. The van der Waals surface area contributed by atoms with Crippen LogP contribution in [-0.2, 0) is 0 Å². The third-order valence-corrected chi connectivity index (χ3v) is 3.78. The molecule has 0 aliphatic carbocycles. The topological polar surface area (TPSA) is 12.0 Å². The van der Waals surface area contributed by atoms with Gasteiger partial charge in [0.15, 0.2) is 0 Å². The molecule has 1 N–H and O–H groups in total. The summed E-state index contributed by atoms with van der Waals surface area (Å²) in [5.74, 6) is 0. The first-order valence-corrected chi connectivity index (χ1v) is 6.53. The molecule has 0 aliphatic rings. The SMILES string of the molecule is C=CCC(NCCC)c1cc(Br)cs1. The van der Waals surface area contributed by atoms with Gasteiger partial charge in [0.1, 0.15) is 0 Å². The van der Waals surface area contributed by atoms with Crippen molar-refractivity contribution >= 4 is 27.3 Å². The summed E-state index contributed by atoms with van der Waals surface area (Å²) in [6.45, 7) is 7.04. The number of thiophene rings is 1. The Kier molecular flexibility index (Phi) is 5.45. The lowest BCUT2D eigenvalue weighted by molar-refractivity contribution is 0.544. The fourth-order valence-corrected chi connectivity index (χ4v) is 2.83. The second-order valence-corrected chi connectivity index (χ2v) is 5.06. The molecule has 1 nitrogen and oxygen atoms in total. The van der Waals surface area contributed by atoms with Gasteiger partial charge in [-0.25, -0.2) is 0 Å². The summed E-state index contributed by atoms with van der Waals surface area (Å²) < 4.78 is 1.17. The van der Waals surface area contributed by atoms with Gasteiger partial charge in [-0.15, -0.1) is 17.9 Å². The van der Waals surface area contributed by atoms with Crippen LogP contribution < -0.4 is 5.32 Å². The zero-order valence-electron chi connectivity index (χ0n) is 8.42. The summed E-state index contributed by atoms with van der Waals surface area (Å²) in [5.41, 5.74) is 0. The summed E-state index contributed by atoms with van der Waals surface area (Å²) in [5, 5.41) is 5.64. The Bertz CT molecular complexity index is 283. The monoisotopic (exact) mass is 273 g/mol. The first-order valence-electron chi connectivity index (χ1n) is 4.86. The van der Waals surface area contributed by atoms with E-state index in [0.29, 0.717) is 6.04 Å². The van der Waals surface area contributed by atoms with Crippen molar-refractivity contribution in [1.29, 1.82) is 0 Å². The third-order valence-electron chi connectivity index (χ3n) is 1.97. The summed E-state index contributed by atoms with van der Waals surface area (Å²) in [7, 11) is 0. The van der Waals surface area contributed by atoms with Gasteiger partial charge >= 0.3 is 0 Å². The molecule has 14 heavy (non-hydrogen) atoms. The molecule has 78 valence electrons. The van der Waals surface area contributed by atoms with E-state index < -0.39 is 0 Å². The van der Waals surface area contributed by atoms with Gasteiger partial charge in [0.25, 0.3) is 0 Å². The van der Waals surface area contributed by atoms with Gasteiger partial charge in [-0.1, -0.05) is 13.0 Å². The zero-order chi connectivity index (χ0) is 10.4. The van der Waals surface area contributed by atoms with E-state index in [4.69, 9.17) is 0 Å². The Morgan fingerprint density at radius 1 is 1.71 bits per heavy atom. The molecule has 0 bridgehead atoms. The van der Waals surface area contributed by atoms with Crippen LogP contribution in [0.2, 0.25) is 0 Å². The molecule has 1 atom stereocenters. The quantitative estimate of drug-likeness (QED) is 0.769. The molecule has 0 spiro atoms. The molecule has 0 radical (unpaired) electrons. The van der Waals surface area contributed by atoms with Crippen LogP contribution in [-0.4, -0.2) is 6.54 Å². The Labute approximate surface area is 98.4 Å². The maximum Gasteiger partial charge on any atom is 0.0450 e. The van der Waals surface area contributed by atoms with Crippen molar-refractivity contribution in [3.63, 3.8) is 0 Å². The molecule has 0 saturated carbocycles. The Morgan fingerprint density at radius 3 is 3.00 bits per heavy atom. The first-order chi connectivity index (χ1) is 6.77. The van der Waals surface area contributed by atoms with Crippen molar-refractivity contribution in [2.24, 2.45) is 0 Å². The molecule has 0 amide bonds. The Hall–Kier alpha value is -0.120. The highest BCUT2D eigenvalue weighted by Crippen LogP contribution is 2.27. The van der Waals surface area contributed by atoms with Crippen LogP contribution in [0.15, 0.2) is 28.6 Å². The van der Waals surface area contributed by atoms with E-state index in [2.05, 4.69) is 46.2 Å². The number of nitrogens with one attached hydrogen (secondary N) is 1. The van der Waals surface area contributed by atoms with Gasteiger partial charge in [-0.3, -0.25) is 0 Å². The van der Waals surface area contributed by atoms with Crippen molar-refractivity contribution in [2.45, 2.75) is 25.8 Å². The zero-order valence-corrected chi connectivity index (χ0v) is 10.8. The van der Waals surface area contributed by atoms with Crippen molar-refractivity contribution < 1.29 is 0 Å². The van der Waals surface area contributed by atoms with Crippen molar-refractivity contribution in [3.05, 3.63) is 33.5 Å². The number of hydrogen-bond donors (Lipinski definition) is 1. The van der Waals surface area contributed by atoms with Gasteiger partial charge < -0.3 is 5.32 Å². The van der Waals surface area contributed by atoms with Gasteiger partial charge in [0.2, 0.25) is 0 Å². The minimum Gasteiger partial charge on any atom is -0.309 e. The highest BCUT2D eigenvalue weighted by Gasteiger charge is 2.10. The number of rotatable bonds is 6. The van der Waals surface area contributed by atoms with E-state index in [1.165, 1.54) is 15.8 Å². The van der Waals surface area contributed by atoms with Crippen LogP contribution >= 0.6 is 27.3 Å². The standard InChI is InChI=1S/C11H16BrNS/c1-3-5-10(13-6-4-2)11-7-9(12)8-14-11/h3,7-8,10,13H,1,4-6H2,2H3. The molecule has 1 rings (SSSR count). The lowest BCUT2D eigenvalue weighted by Crippen LogP contribution is -2.20. The number of halogens is 1. The largest absolute Gasteiger partial charge is 0.309 e. The normalized spacial score (nSPS) is 12.7. The summed E-state index contributed by atoms with van der Waals surface area (Å²) in [4.78, 5) is 1.38. The smallest absolute Gasteiger partial charge is 0.0450 e. The molecular formula is C11H16BrNS. The Morgan fingerprint density at radius 2 is 2.50 bits per heavy atom. The molecule has 1 aromatic rings. The third kappa shape index (κ3) is 3.56. The van der Waals surface area contributed by atoms with E-state index in [0.717, 1.165) is 13.0 Å². The highest BCUT2D eigenvalue weighted by atomic mass is 79.9. The Balaban J connectivity index is 2.61. The predicted molar refractivity (Wildman–Crippen MR) is 67.9 cm³/mol. The van der Waals surface area contributed by atoms with Crippen LogP contribution in [0.4, 0.5) is 0 Å². The van der Waals surface area contributed by atoms with Crippen LogP contribution in [0.5, 0.6) is 0 Å². The minimum absolute atomic E-state index is 0.434. The lowest BCUT2D eigenvalue weighted by Gasteiger charge is -2.14. The maximum atomic E-state index is 3.79. The molecular weight excluding hydrogens is 258 g/mol. The second kappa shape index (κ2) is 6.38. The fourth-order valence-electron chi connectivity index (χ4n) is 1.30. The lowest BCUT2D eigenvalue weighted by atomic mass is 10.1. The molecule has 0 saturated heterocycles. The van der Waals surface area contributed by atoms with Crippen molar-refractivity contribution in [2.75, 3.05) is 6.54 Å². The molecule has 0 fully saturated rings. The molecule has 1 aromatic heterocycles. The van der Waals surface area contributed by atoms with E-state index in [1.807, 2.05) is 6.08 Å². The number of hydrogen-bond acceptors (Lipinski definition) is 2. The van der Waals surface area contributed by atoms with E-state index in [-0.39, 0.29) is 0 Å². The molecule has 0 aromatic carbocycles. The summed E-state index contributed by atoms with van der Waals surface area (Å²) in [6, 6.07) is 2.62. The fraction of sp³-hybridized carbons (Fsp3) is 0.455. The minimum atomic E-state index is 0.434. The van der Waals surface area contributed by atoms with Gasteiger partial charge in [0, 0.05) is 20.8 Å². The van der Waals surface area contributed by atoms with E-state index in [9.17, 15) is 0 Å². The first kappa shape index (κ1) is 12.0. The average Bonchev–Trinajstić information content (AvgIpc) is 2.59. The van der Waals surface area contributed by atoms with Crippen LogP contribution in [0.1, 0.15) is 30.7 Å². The molecule has 1 heterocycles. The average molecular weight is 274 g/mol. The van der Waals surface area contributed by atoms with Crippen LogP contribution in [0.25, 0.3) is 0 Å².